The molecule has 0 N–H and O–H groups in total. The van der Waals surface area contributed by atoms with Crippen molar-refractivity contribution >= 4 is 0 Å². The third-order valence-corrected chi connectivity index (χ3v) is 3.13. The van der Waals surface area contributed by atoms with Gasteiger partial charge in [0.25, 0.3) is 0 Å². The molecular weight excluding hydrogens is 148 g/mol. The molecule has 2 fully saturated rings. The molecule has 2 heteroatoms. The second-order valence-corrected chi connectivity index (χ2v) is 4.18. The van der Waals surface area contributed by atoms with Crippen LogP contribution in [0.5, 0.6) is 0 Å². The molecule has 0 unspecified atom stereocenters. The van der Waals surface area contributed by atoms with Crippen LogP contribution in [0, 0.1) is 5.92 Å². The van der Waals surface area contributed by atoms with Crippen molar-refractivity contribution in [3.05, 3.63) is 0 Å². The normalized spacial score (nSPS) is 27.8. The minimum atomic E-state index is 1.07. The highest BCUT2D eigenvalue weighted by atomic mass is 15.3. The molecule has 1 heterocycles. The van der Waals surface area contributed by atoms with E-state index >= 15 is 0 Å². The average molecular weight is 168 g/mol. The molecule has 1 saturated carbocycles. The van der Waals surface area contributed by atoms with Crippen LogP contribution in [0.1, 0.15) is 19.8 Å². The molecule has 1 saturated heterocycles. The van der Waals surface area contributed by atoms with Crippen LogP contribution >= 0.6 is 0 Å². The van der Waals surface area contributed by atoms with Gasteiger partial charge in [0, 0.05) is 32.7 Å². The molecule has 12 heavy (non-hydrogen) atoms. The van der Waals surface area contributed by atoms with Crippen molar-refractivity contribution in [1.82, 2.24) is 9.80 Å². The van der Waals surface area contributed by atoms with Crippen LogP contribution in [-0.4, -0.2) is 49.1 Å². The molecule has 1 aliphatic heterocycles. The Morgan fingerprint density at radius 3 is 2.08 bits per heavy atom. The summed E-state index contributed by atoms with van der Waals surface area (Å²) in [6.07, 6.45) is 2.99. The predicted molar refractivity (Wildman–Crippen MR) is 51.3 cm³/mol. The SMILES string of the molecule is CCN1CCN(CC2CC2)CC1. The molecule has 0 aromatic heterocycles. The first-order chi connectivity index (χ1) is 5.88. The smallest absolute Gasteiger partial charge is 0.0110 e. The van der Waals surface area contributed by atoms with Crippen LogP contribution in [0.2, 0.25) is 0 Å². The molecule has 2 rings (SSSR count). The first-order valence-electron chi connectivity index (χ1n) is 5.33. The van der Waals surface area contributed by atoms with Crippen LogP contribution in [0.25, 0.3) is 0 Å². The van der Waals surface area contributed by atoms with E-state index in [2.05, 4.69) is 16.7 Å². The van der Waals surface area contributed by atoms with Crippen LogP contribution in [-0.2, 0) is 0 Å². The summed E-state index contributed by atoms with van der Waals surface area (Å²) in [7, 11) is 0. The Morgan fingerprint density at radius 2 is 1.58 bits per heavy atom. The Balaban J connectivity index is 1.66. The highest BCUT2D eigenvalue weighted by Gasteiger charge is 2.25. The maximum atomic E-state index is 2.64. The fourth-order valence-electron chi connectivity index (χ4n) is 1.95. The number of piperazine rings is 1. The molecule has 1 aliphatic carbocycles. The van der Waals surface area contributed by atoms with Gasteiger partial charge in [0.05, 0.1) is 0 Å². The summed E-state index contributed by atoms with van der Waals surface area (Å²) in [5.41, 5.74) is 0. The lowest BCUT2D eigenvalue weighted by molar-refractivity contribution is 0.133. The Kier molecular flexibility index (Phi) is 2.66. The summed E-state index contributed by atoms with van der Waals surface area (Å²) in [6, 6.07) is 0. The fourth-order valence-corrected chi connectivity index (χ4v) is 1.95. The Bertz CT molecular complexity index is 135. The summed E-state index contributed by atoms with van der Waals surface area (Å²) < 4.78 is 0. The average Bonchev–Trinajstić information content (AvgIpc) is 2.90. The monoisotopic (exact) mass is 168 g/mol. The summed E-state index contributed by atoms with van der Waals surface area (Å²) in [6.45, 7) is 10.1. The van der Waals surface area contributed by atoms with Gasteiger partial charge in [0.1, 0.15) is 0 Å². The van der Waals surface area contributed by atoms with Gasteiger partial charge in [0.2, 0.25) is 0 Å². The minimum absolute atomic E-state index is 1.07. The Morgan fingerprint density at radius 1 is 1.00 bits per heavy atom. The minimum Gasteiger partial charge on any atom is -0.301 e. The van der Waals surface area contributed by atoms with Gasteiger partial charge in [-0.15, -0.1) is 0 Å². The lowest BCUT2D eigenvalue weighted by atomic mass is 10.3. The van der Waals surface area contributed by atoms with E-state index in [-0.39, 0.29) is 0 Å². The first kappa shape index (κ1) is 8.52. The van der Waals surface area contributed by atoms with E-state index < -0.39 is 0 Å². The number of likely N-dealkylation sites (N-methyl/N-ethyl adjacent to an activating group) is 1. The second kappa shape index (κ2) is 3.75. The van der Waals surface area contributed by atoms with E-state index in [1.165, 1.54) is 52.1 Å². The molecule has 2 aliphatic rings. The van der Waals surface area contributed by atoms with E-state index in [0.29, 0.717) is 0 Å². The highest BCUT2D eigenvalue weighted by Crippen LogP contribution is 2.29. The van der Waals surface area contributed by atoms with Crippen molar-refractivity contribution < 1.29 is 0 Å². The van der Waals surface area contributed by atoms with Crippen LogP contribution in [0.4, 0.5) is 0 Å². The van der Waals surface area contributed by atoms with Gasteiger partial charge in [-0.2, -0.15) is 0 Å². The number of rotatable bonds is 3. The second-order valence-electron chi connectivity index (χ2n) is 4.18. The molecule has 0 aromatic carbocycles. The topological polar surface area (TPSA) is 6.48 Å². The lowest BCUT2D eigenvalue weighted by Gasteiger charge is -2.33. The zero-order chi connectivity index (χ0) is 8.39. The first-order valence-corrected chi connectivity index (χ1v) is 5.33. The van der Waals surface area contributed by atoms with Gasteiger partial charge in [-0.3, -0.25) is 0 Å². The van der Waals surface area contributed by atoms with Crippen LogP contribution < -0.4 is 0 Å². The molecule has 0 aromatic rings. The highest BCUT2D eigenvalue weighted by molar-refractivity contribution is 4.80. The Hall–Kier alpha value is -0.0800. The third kappa shape index (κ3) is 2.20. The molecule has 0 radical (unpaired) electrons. The largest absolute Gasteiger partial charge is 0.301 e. The van der Waals surface area contributed by atoms with Crippen molar-refractivity contribution in [2.24, 2.45) is 5.92 Å². The maximum Gasteiger partial charge on any atom is 0.0110 e. The molecular formula is C10H20N2. The third-order valence-electron chi connectivity index (χ3n) is 3.13. The van der Waals surface area contributed by atoms with Gasteiger partial charge in [-0.25, -0.2) is 0 Å². The van der Waals surface area contributed by atoms with E-state index in [9.17, 15) is 0 Å². The zero-order valence-corrected chi connectivity index (χ0v) is 8.13. The van der Waals surface area contributed by atoms with Gasteiger partial charge < -0.3 is 9.80 Å². The maximum absolute atomic E-state index is 2.64. The van der Waals surface area contributed by atoms with Crippen LogP contribution in [0.3, 0.4) is 0 Å². The number of hydrogen-bond donors (Lipinski definition) is 0. The summed E-state index contributed by atoms with van der Waals surface area (Å²) >= 11 is 0. The standard InChI is InChI=1S/C10H20N2/c1-2-11-5-7-12(8-6-11)9-10-3-4-10/h10H,2-9H2,1H3. The van der Waals surface area contributed by atoms with Crippen molar-refractivity contribution in [3.63, 3.8) is 0 Å². The predicted octanol–water partition coefficient (Wildman–Crippen LogP) is 1.03. The zero-order valence-electron chi connectivity index (χ0n) is 8.13. The van der Waals surface area contributed by atoms with E-state index in [1.807, 2.05) is 0 Å². The molecule has 0 bridgehead atoms. The van der Waals surface area contributed by atoms with E-state index in [1.54, 1.807) is 0 Å². The number of hydrogen-bond acceptors (Lipinski definition) is 2. The molecule has 70 valence electrons. The van der Waals surface area contributed by atoms with Gasteiger partial charge >= 0.3 is 0 Å². The molecule has 2 nitrogen and oxygen atoms in total. The Labute approximate surface area is 75.5 Å². The van der Waals surface area contributed by atoms with Crippen LogP contribution in [0.15, 0.2) is 0 Å². The van der Waals surface area contributed by atoms with Gasteiger partial charge in [0.15, 0.2) is 0 Å². The quantitative estimate of drug-likeness (QED) is 0.621. The van der Waals surface area contributed by atoms with E-state index in [4.69, 9.17) is 0 Å². The lowest BCUT2D eigenvalue weighted by Crippen LogP contribution is -2.46. The molecule has 0 amide bonds. The van der Waals surface area contributed by atoms with Crippen molar-refractivity contribution in [2.45, 2.75) is 19.8 Å². The van der Waals surface area contributed by atoms with Gasteiger partial charge in [-0.05, 0) is 25.3 Å². The summed E-state index contributed by atoms with van der Waals surface area (Å²) in [5.74, 6) is 1.07. The van der Waals surface area contributed by atoms with Crippen molar-refractivity contribution in [2.75, 3.05) is 39.3 Å². The van der Waals surface area contributed by atoms with Gasteiger partial charge in [-0.1, -0.05) is 6.92 Å². The molecule has 0 atom stereocenters. The summed E-state index contributed by atoms with van der Waals surface area (Å²) in [4.78, 5) is 5.19. The van der Waals surface area contributed by atoms with Crippen molar-refractivity contribution in [3.8, 4) is 0 Å². The van der Waals surface area contributed by atoms with E-state index in [0.717, 1.165) is 5.92 Å². The molecule has 0 spiro atoms. The van der Waals surface area contributed by atoms with Crippen molar-refractivity contribution in [1.29, 1.82) is 0 Å². The summed E-state index contributed by atoms with van der Waals surface area (Å²) in [5, 5.41) is 0. The fraction of sp³-hybridized carbons (Fsp3) is 1.00. The number of nitrogens with zero attached hydrogens (tertiary/aromatic N) is 2.